The molecule has 2 aliphatic rings. The highest BCUT2D eigenvalue weighted by Gasteiger charge is 2.49. The van der Waals surface area contributed by atoms with E-state index in [2.05, 4.69) is 19.2 Å². The third-order valence-corrected chi connectivity index (χ3v) is 8.23. The molecule has 2 unspecified atom stereocenters. The summed E-state index contributed by atoms with van der Waals surface area (Å²) >= 11 is 1.62. The molecule has 2 atom stereocenters. The lowest BCUT2D eigenvalue weighted by atomic mass is 9.68. The fraction of sp³-hybridized carbons (Fsp3) is 0.875. The summed E-state index contributed by atoms with van der Waals surface area (Å²) in [6.07, 6.45) is 4.36. The summed E-state index contributed by atoms with van der Waals surface area (Å²) in [5.41, 5.74) is 11.6. The molecule has 0 radical (unpaired) electrons. The predicted molar refractivity (Wildman–Crippen MR) is 133 cm³/mol. The molecule has 0 aromatic heterocycles. The van der Waals surface area contributed by atoms with Crippen molar-refractivity contribution in [2.24, 2.45) is 16.9 Å². The van der Waals surface area contributed by atoms with Gasteiger partial charge in [-0.3, -0.25) is 9.59 Å². The molecule has 9 heteroatoms. The summed E-state index contributed by atoms with van der Waals surface area (Å²) in [5.74, 6) is -0.165. The number of alkyl carbamates (subject to hydrolysis) is 1. The molecule has 8 nitrogen and oxygen atoms in total. The predicted octanol–water partition coefficient (Wildman–Crippen LogP) is 2.82. The number of nitrogens with one attached hydrogen (secondary N) is 1. The van der Waals surface area contributed by atoms with Gasteiger partial charge in [0.1, 0.15) is 6.04 Å². The normalized spacial score (nSPS) is 26.8. The van der Waals surface area contributed by atoms with Gasteiger partial charge in [0.25, 0.3) is 0 Å². The summed E-state index contributed by atoms with van der Waals surface area (Å²) in [4.78, 5) is 41.7. The highest BCUT2D eigenvalue weighted by atomic mass is 32.2. The van der Waals surface area contributed by atoms with E-state index in [0.29, 0.717) is 32.2 Å². The number of likely N-dealkylation sites (tertiary alicyclic amines) is 1. The maximum Gasteiger partial charge on any atom is 0.407 e. The first-order valence-electron chi connectivity index (χ1n) is 12.4. The number of carbonyl (C=O) groups excluding carboxylic acids is 3. The molecule has 2 fully saturated rings. The van der Waals surface area contributed by atoms with Gasteiger partial charge < -0.3 is 26.4 Å². The van der Waals surface area contributed by atoms with Crippen molar-refractivity contribution in [2.75, 3.05) is 19.7 Å². The summed E-state index contributed by atoms with van der Waals surface area (Å²) in [7, 11) is 0. The lowest BCUT2D eigenvalue weighted by Gasteiger charge is -2.42. The van der Waals surface area contributed by atoms with Crippen LogP contribution in [0, 0.1) is 5.41 Å². The van der Waals surface area contributed by atoms with Crippen LogP contribution in [0.25, 0.3) is 0 Å². The molecule has 0 bridgehead atoms. The van der Waals surface area contributed by atoms with Crippen molar-refractivity contribution in [3.05, 3.63) is 0 Å². The summed E-state index contributed by atoms with van der Waals surface area (Å²) in [6.45, 7) is 11.0. The molecular weight excluding hydrogens is 440 g/mol. The number of ketones is 1. The van der Waals surface area contributed by atoms with Gasteiger partial charge in [-0.05, 0) is 64.0 Å². The van der Waals surface area contributed by atoms with E-state index in [1.165, 1.54) is 0 Å². The molecule has 1 aliphatic heterocycles. The second kappa shape index (κ2) is 11.9. The van der Waals surface area contributed by atoms with Crippen LogP contribution in [0.4, 0.5) is 4.79 Å². The van der Waals surface area contributed by atoms with Gasteiger partial charge in [0.15, 0.2) is 5.78 Å². The van der Waals surface area contributed by atoms with E-state index in [0.717, 1.165) is 19.3 Å². The lowest BCUT2D eigenvalue weighted by molar-refractivity contribution is -0.144. The summed E-state index contributed by atoms with van der Waals surface area (Å²) in [6, 6.07) is -1.21. The largest absolute Gasteiger partial charge is 0.450 e. The van der Waals surface area contributed by atoms with Gasteiger partial charge in [-0.1, -0.05) is 20.8 Å². The number of carbonyl (C=O) groups is 3. The zero-order chi connectivity index (χ0) is 24.8. The molecule has 1 saturated heterocycles. The van der Waals surface area contributed by atoms with Crippen LogP contribution in [0.15, 0.2) is 0 Å². The number of amides is 2. The Hall–Kier alpha value is -1.32. The monoisotopic (exact) mass is 484 g/mol. The summed E-state index contributed by atoms with van der Waals surface area (Å²) in [5, 5.41) is 3.07. The van der Waals surface area contributed by atoms with Gasteiger partial charge in [-0.2, -0.15) is 11.8 Å². The lowest BCUT2D eigenvalue weighted by Crippen LogP contribution is -2.60. The fourth-order valence-electron chi connectivity index (χ4n) is 5.13. The number of nitrogens with zero attached hydrogens (tertiary/aromatic N) is 1. The van der Waals surface area contributed by atoms with Crippen LogP contribution in [0.3, 0.4) is 0 Å². The Balaban J connectivity index is 2.27. The Labute approximate surface area is 203 Å². The van der Waals surface area contributed by atoms with Crippen LogP contribution in [-0.4, -0.2) is 70.5 Å². The number of nitrogens with two attached hydrogens (primary N) is 2. The Morgan fingerprint density at radius 3 is 2.39 bits per heavy atom. The maximum atomic E-state index is 13.9. The average Bonchev–Trinajstić information content (AvgIpc) is 3.24. The van der Waals surface area contributed by atoms with Crippen molar-refractivity contribution < 1.29 is 19.1 Å². The second-order valence-corrected chi connectivity index (χ2v) is 12.6. The van der Waals surface area contributed by atoms with Crippen molar-refractivity contribution in [3.63, 3.8) is 0 Å². The molecule has 1 heterocycles. The van der Waals surface area contributed by atoms with Crippen LogP contribution in [-0.2, 0) is 14.3 Å². The quantitative estimate of drug-likeness (QED) is 0.435. The smallest absolute Gasteiger partial charge is 0.407 e. The fourth-order valence-corrected chi connectivity index (χ4v) is 6.64. The number of hydrogen-bond donors (Lipinski definition) is 3. The minimum atomic E-state index is -0.809. The van der Waals surface area contributed by atoms with E-state index >= 15 is 0 Å². The standard InChI is InChI=1S/C24H44N4O4S/c1-6-14-32-22(31)27-19(23(4,5)33-16(2)3)21(30)28-13-7-8-18(28)20(29)24(15-25)11-9-17(26)10-12-24/h16-19H,6-15,25-26H2,1-5H3,(H,27,31). The minimum Gasteiger partial charge on any atom is -0.450 e. The number of hydrogen-bond acceptors (Lipinski definition) is 7. The van der Waals surface area contributed by atoms with E-state index < -0.39 is 28.3 Å². The maximum absolute atomic E-state index is 13.9. The number of thioether (sulfide) groups is 1. The van der Waals surface area contributed by atoms with Crippen molar-refractivity contribution in [1.82, 2.24) is 10.2 Å². The molecule has 2 rings (SSSR count). The van der Waals surface area contributed by atoms with Gasteiger partial charge in [0.2, 0.25) is 5.91 Å². The van der Waals surface area contributed by atoms with Crippen LogP contribution in [0.1, 0.15) is 79.6 Å². The van der Waals surface area contributed by atoms with Crippen molar-refractivity contribution in [3.8, 4) is 0 Å². The first-order chi connectivity index (χ1) is 15.5. The summed E-state index contributed by atoms with van der Waals surface area (Å²) < 4.78 is 4.63. The van der Waals surface area contributed by atoms with E-state index in [9.17, 15) is 14.4 Å². The molecule has 1 aliphatic carbocycles. The first kappa shape index (κ1) is 27.9. The Bertz CT molecular complexity index is 692. The molecule has 0 aromatic rings. The van der Waals surface area contributed by atoms with Crippen LogP contribution in [0.2, 0.25) is 0 Å². The van der Waals surface area contributed by atoms with E-state index in [1.54, 1.807) is 16.7 Å². The first-order valence-corrected chi connectivity index (χ1v) is 13.3. The van der Waals surface area contributed by atoms with Crippen molar-refractivity contribution >= 4 is 29.5 Å². The van der Waals surface area contributed by atoms with Gasteiger partial charge in [0, 0.05) is 29.3 Å². The van der Waals surface area contributed by atoms with Crippen molar-refractivity contribution in [1.29, 1.82) is 0 Å². The zero-order valence-corrected chi connectivity index (χ0v) is 21.8. The third kappa shape index (κ3) is 6.85. The number of Topliss-reactive ketones (excluding diaryl/α,β-unsaturated/α-hetero) is 1. The van der Waals surface area contributed by atoms with Crippen molar-refractivity contribution in [2.45, 2.75) is 108 Å². The zero-order valence-electron chi connectivity index (χ0n) is 21.0. The number of ether oxygens (including phenoxy) is 1. The van der Waals surface area contributed by atoms with Crippen LogP contribution >= 0.6 is 11.8 Å². The van der Waals surface area contributed by atoms with Gasteiger partial charge in [-0.15, -0.1) is 0 Å². The second-order valence-electron chi connectivity index (χ2n) is 10.4. The van der Waals surface area contributed by atoms with Crippen LogP contribution < -0.4 is 16.8 Å². The Morgan fingerprint density at radius 2 is 1.85 bits per heavy atom. The molecular formula is C24H44N4O4S. The highest BCUT2D eigenvalue weighted by Crippen LogP contribution is 2.40. The van der Waals surface area contributed by atoms with Gasteiger partial charge in [0.05, 0.1) is 12.6 Å². The van der Waals surface area contributed by atoms with Crippen LogP contribution in [0.5, 0.6) is 0 Å². The topological polar surface area (TPSA) is 128 Å². The SMILES string of the molecule is CCCOC(=O)NC(C(=O)N1CCCC1C(=O)C1(CN)CCC(N)CC1)C(C)(C)SC(C)C. The molecule has 2 amide bonds. The third-order valence-electron chi connectivity index (χ3n) is 6.92. The highest BCUT2D eigenvalue weighted by molar-refractivity contribution is 8.01. The average molecular weight is 485 g/mol. The number of rotatable bonds is 10. The Kier molecular flexibility index (Phi) is 10.1. The molecule has 0 spiro atoms. The molecule has 0 aromatic carbocycles. The minimum absolute atomic E-state index is 0.0596. The van der Waals surface area contributed by atoms with Gasteiger partial charge in [-0.25, -0.2) is 4.79 Å². The van der Waals surface area contributed by atoms with Gasteiger partial charge >= 0.3 is 6.09 Å². The Morgan fingerprint density at radius 1 is 1.21 bits per heavy atom. The molecule has 190 valence electrons. The molecule has 33 heavy (non-hydrogen) atoms. The molecule has 1 saturated carbocycles. The van der Waals surface area contributed by atoms with E-state index in [4.69, 9.17) is 16.2 Å². The van der Waals surface area contributed by atoms with E-state index in [1.807, 2.05) is 20.8 Å². The molecule has 5 N–H and O–H groups in total. The van der Waals surface area contributed by atoms with E-state index in [-0.39, 0.29) is 36.1 Å².